The minimum atomic E-state index is -4.06. The fourth-order valence-corrected chi connectivity index (χ4v) is 4.96. The number of phenolic OH excluding ortho intramolecular Hbond substituents is 1. The molecule has 0 aliphatic carbocycles. The minimum absolute atomic E-state index is 0.0416. The van der Waals surface area contributed by atoms with Crippen LogP contribution in [-0.4, -0.2) is 60.2 Å². The quantitative estimate of drug-likeness (QED) is 0.423. The summed E-state index contributed by atoms with van der Waals surface area (Å²) in [6.07, 6.45) is 1.54. The van der Waals surface area contributed by atoms with Gasteiger partial charge in [0.05, 0.1) is 17.2 Å². The van der Waals surface area contributed by atoms with Gasteiger partial charge < -0.3 is 24.8 Å². The molecule has 2 atom stereocenters. The van der Waals surface area contributed by atoms with E-state index in [0.29, 0.717) is 37.3 Å². The fraction of sp³-hybridized carbons (Fsp3) is 0.391. The maximum absolute atomic E-state index is 13.1. The Hall–Kier alpha value is -3.87. The SMILES string of the molecule is CC[C@@H](N=C1NS(=O)(=O)N=C1Nc1cccc(C(=O)N2CCC[C@@H](C(=O)O)C2)c1O)c1ccc(C)o1. The molecular weight excluding hydrogens is 490 g/mol. The summed E-state index contributed by atoms with van der Waals surface area (Å²) in [5.41, 5.74) is -0.00341. The average molecular weight is 518 g/mol. The van der Waals surface area contributed by atoms with Gasteiger partial charge in [-0.3, -0.25) is 14.6 Å². The smallest absolute Gasteiger partial charge is 0.345 e. The number of aliphatic carboxylic acids is 1. The number of aromatic hydroxyl groups is 1. The highest BCUT2D eigenvalue weighted by molar-refractivity contribution is 7.89. The number of likely N-dealkylation sites (tertiary alicyclic amines) is 1. The molecule has 2 aliphatic rings. The summed E-state index contributed by atoms with van der Waals surface area (Å²) in [4.78, 5) is 30.3. The van der Waals surface area contributed by atoms with Gasteiger partial charge in [-0.1, -0.05) is 13.0 Å². The lowest BCUT2D eigenvalue weighted by atomic mass is 9.97. The number of amidine groups is 2. The van der Waals surface area contributed by atoms with Crippen LogP contribution in [0.15, 0.2) is 44.1 Å². The van der Waals surface area contributed by atoms with E-state index in [4.69, 9.17) is 4.42 Å². The standard InChI is InChI=1S/C23H27N5O7S/c1-3-16(18-10-9-13(2)35-18)24-20-21(27-36(33,34)26-20)25-17-8-4-7-15(19(17)29)22(30)28-11-5-6-14(12-28)23(31)32/h4,7-10,14,16,29H,3,5-6,11-12H2,1-2H3,(H,24,26)(H,25,27)(H,31,32)/t14-,16-/m1/s1. The van der Waals surface area contributed by atoms with Crippen LogP contribution in [0.3, 0.4) is 0 Å². The van der Waals surface area contributed by atoms with E-state index in [1.807, 2.05) is 6.92 Å². The van der Waals surface area contributed by atoms with E-state index >= 15 is 0 Å². The number of benzene rings is 1. The predicted octanol–water partition coefficient (Wildman–Crippen LogP) is 2.44. The number of para-hydroxylation sites is 1. The molecule has 1 amide bonds. The zero-order valence-electron chi connectivity index (χ0n) is 19.8. The Morgan fingerprint density at radius 2 is 2.11 bits per heavy atom. The number of nitrogens with one attached hydrogen (secondary N) is 2. The second-order valence-electron chi connectivity index (χ2n) is 8.62. The van der Waals surface area contributed by atoms with Crippen LogP contribution in [-0.2, 0) is 15.0 Å². The highest BCUT2D eigenvalue weighted by Gasteiger charge is 2.32. The van der Waals surface area contributed by atoms with E-state index in [-0.39, 0.29) is 29.5 Å². The van der Waals surface area contributed by atoms with Crippen molar-refractivity contribution in [2.45, 2.75) is 39.2 Å². The monoisotopic (exact) mass is 517 g/mol. The fourth-order valence-electron chi connectivity index (χ4n) is 4.15. The molecule has 4 N–H and O–H groups in total. The maximum Gasteiger partial charge on any atom is 0.345 e. The Balaban J connectivity index is 1.60. The molecule has 1 aromatic heterocycles. The Kier molecular flexibility index (Phi) is 7.02. The molecule has 12 nitrogen and oxygen atoms in total. The van der Waals surface area contributed by atoms with Crippen LogP contribution >= 0.6 is 0 Å². The van der Waals surface area contributed by atoms with Crippen LogP contribution in [0.4, 0.5) is 5.69 Å². The number of carbonyl (C=O) groups is 2. The Bertz CT molecular complexity index is 1350. The number of carbonyl (C=O) groups excluding carboxylic acids is 1. The van der Waals surface area contributed by atoms with Crippen LogP contribution in [0.1, 0.15) is 54.1 Å². The van der Waals surface area contributed by atoms with Gasteiger partial charge in [-0.2, -0.15) is 8.42 Å². The molecule has 0 spiro atoms. The third-order valence-corrected chi connectivity index (χ3v) is 6.87. The van der Waals surface area contributed by atoms with Crippen LogP contribution < -0.4 is 10.0 Å². The van der Waals surface area contributed by atoms with Crippen molar-refractivity contribution in [2.75, 3.05) is 18.4 Å². The number of hydrogen-bond acceptors (Lipinski definition) is 8. The number of piperidine rings is 1. The molecule has 1 aromatic carbocycles. The van der Waals surface area contributed by atoms with Crippen LogP contribution in [0.5, 0.6) is 5.75 Å². The summed E-state index contributed by atoms with van der Waals surface area (Å²) in [6.45, 7) is 4.08. The first-order valence-electron chi connectivity index (χ1n) is 11.5. The van der Waals surface area contributed by atoms with Crippen LogP contribution in [0.25, 0.3) is 0 Å². The van der Waals surface area contributed by atoms with Crippen molar-refractivity contribution in [3.63, 3.8) is 0 Å². The summed E-state index contributed by atoms with van der Waals surface area (Å²) in [6, 6.07) is 7.46. The van der Waals surface area contributed by atoms with Crippen molar-refractivity contribution in [1.82, 2.24) is 9.62 Å². The highest BCUT2D eigenvalue weighted by atomic mass is 32.2. The number of amides is 1. The lowest BCUT2D eigenvalue weighted by molar-refractivity contribution is -0.143. The van der Waals surface area contributed by atoms with Gasteiger partial charge >= 0.3 is 16.2 Å². The van der Waals surface area contributed by atoms with Gasteiger partial charge in [-0.15, -0.1) is 4.40 Å². The van der Waals surface area contributed by atoms with Crippen LogP contribution in [0.2, 0.25) is 0 Å². The average Bonchev–Trinajstić information content (AvgIpc) is 3.39. The maximum atomic E-state index is 13.1. The van der Waals surface area contributed by atoms with Gasteiger partial charge in [0.1, 0.15) is 17.6 Å². The van der Waals surface area contributed by atoms with E-state index in [1.54, 1.807) is 19.1 Å². The number of rotatable bonds is 6. The Labute approximate surface area is 207 Å². The topological polar surface area (TPSA) is 174 Å². The van der Waals surface area contributed by atoms with E-state index in [0.717, 1.165) is 0 Å². The molecule has 2 aliphatic heterocycles. The highest BCUT2D eigenvalue weighted by Crippen LogP contribution is 2.31. The Morgan fingerprint density at radius 1 is 1.33 bits per heavy atom. The van der Waals surface area contributed by atoms with E-state index in [2.05, 4.69) is 19.4 Å². The molecule has 1 fully saturated rings. The number of carboxylic acid groups (broad SMARTS) is 1. The summed E-state index contributed by atoms with van der Waals surface area (Å²) in [7, 11) is -4.06. The van der Waals surface area contributed by atoms with Crippen molar-refractivity contribution in [2.24, 2.45) is 15.3 Å². The van der Waals surface area contributed by atoms with Crippen molar-refractivity contribution in [3.05, 3.63) is 47.4 Å². The number of furan rings is 1. The van der Waals surface area contributed by atoms with Gasteiger partial charge in [0.15, 0.2) is 17.4 Å². The molecule has 0 saturated carbocycles. The molecular formula is C23H27N5O7S. The number of anilines is 1. The zero-order valence-corrected chi connectivity index (χ0v) is 20.6. The first-order chi connectivity index (χ1) is 17.1. The van der Waals surface area contributed by atoms with Crippen molar-refractivity contribution >= 4 is 39.4 Å². The molecule has 36 heavy (non-hydrogen) atoms. The predicted molar refractivity (Wildman–Crippen MR) is 131 cm³/mol. The Morgan fingerprint density at radius 3 is 2.78 bits per heavy atom. The molecule has 0 unspecified atom stereocenters. The number of hydrogen-bond donors (Lipinski definition) is 4. The molecule has 1 saturated heterocycles. The van der Waals surface area contributed by atoms with Crippen molar-refractivity contribution < 1.29 is 32.6 Å². The summed E-state index contributed by atoms with van der Waals surface area (Å²) in [5, 5.41) is 22.9. The third-order valence-electron chi connectivity index (χ3n) is 6.00. The summed E-state index contributed by atoms with van der Waals surface area (Å²) in [5.74, 6) is -1.54. The third kappa shape index (κ3) is 5.35. The number of phenols is 1. The molecule has 192 valence electrons. The number of aryl methyl sites for hydroxylation is 1. The molecule has 2 aromatic rings. The number of nitrogens with zero attached hydrogens (tertiary/aromatic N) is 3. The second kappa shape index (κ2) is 10.0. The normalized spacial score (nSPS) is 21.1. The van der Waals surface area contributed by atoms with Gasteiger partial charge in [-0.25, -0.2) is 4.72 Å². The van der Waals surface area contributed by atoms with Gasteiger partial charge in [0.2, 0.25) is 0 Å². The molecule has 4 rings (SSSR count). The molecule has 0 radical (unpaired) electrons. The van der Waals surface area contributed by atoms with Crippen molar-refractivity contribution in [3.8, 4) is 5.75 Å². The van der Waals surface area contributed by atoms with Gasteiger partial charge in [-0.05, 0) is 50.5 Å². The minimum Gasteiger partial charge on any atom is -0.505 e. The van der Waals surface area contributed by atoms with Gasteiger partial charge in [0, 0.05) is 13.1 Å². The summed E-state index contributed by atoms with van der Waals surface area (Å²) < 4.78 is 35.9. The number of carboxylic acids is 1. The lowest BCUT2D eigenvalue weighted by Gasteiger charge is -2.31. The van der Waals surface area contributed by atoms with E-state index < -0.39 is 39.8 Å². The van der Waals surface area contributed by atoms with Crippen LogP contribution in [0, 0.1) is 12.8 Å². The molecule has 3 heterocycles. The number of aliphatic imine (C=N–C) groups is 1. The first-order valence-corrected chi connectivity index (χ1v) is 12.9. The summed E-state index contributed by atoms with van der Waals surface area (Å²) >= 11 is 0. The van der Waals surface area contributed by atoms with E-state index in [9.17, 15) is 28.2 Å². The molecule has 13 heteroatoms. The van der Waals surface area contributed by atoms with E-state index in [1.165, 1.54) is 23.1 Å². The van der Waals surface area contributed by atoms with Gasteiger partial charge in [0.25, 0.3) is 5.91 Å². The largest absolute Gasteiger partial charge is 0.505 e. The first kappa shape index (κ1) is 25.2. The lowest BCUT2D eigenvalue weighted by Crippen LogP contribution is -2.42. The zero-order chi connectivity index (χ0) is 26.0. The van der Waals surface area contributed by atoms with Crippen molar-refractivity contribution in [1.29, 1.82) is 0 Å². The second-order valence-corrected chi connectivity index (χ2v) is 9.96. The molecule has 0 bridgehead atoms.